The number of ether oxygens (including phenoxy) is 2. The molecular formula is C19H20O4. The minimum absolute atomic E-state index is 0.0304. The van der Waals surface area contributed by atoms with Crippen molar-refractivity contribution in [1.29, 1.82) is 0 Å². The summed E-state index contributed by atoms with van der Waals surface area (Å²) in [5, 5.41) is 0. The van der Waals surface area contributed by atoms with Crippen molar-refractivity contribution >= 4 is 11.9 Å². The molecule has 0 N–H and O–H groups in total. The van der Waals surface area contributed by atoms with Crippen molar-refractivity contribution in [2.45, 2.75) is 51.7 Å². The Morgan fingerprint density at radius 2 is 2.04 bits per heavy atom. The van der Waals surface area contributed by atoms with Crippen molar-refractivity contribution in [2.75, 3.05) is 0 Å². The zero-order valence-electron chi connectivity index (χ0n) is 13.4. The fourth-order valence-corrected chi connectivity index (χ4v) is 6.82. The Morgan fingerprint density at radius 1 is 1.22 bits per heavy atom. The van der Waals surface area contributed by atoms with E-state index in [9.17, 15) is 9.59 Å². The van der Waals surface area contributed by atoms with Crippen molar-refractivity contribution in [3.8, 4) is 0 Å². The zero-order chi connectivity index (χ0) is 15.7. The number of allylic oxidation sites excluding steroid dienone is 2. The molecule has 4 nitrogen and oxygen atoms in total. The van der Waals surface area contributed by atoms with E-state index in [0.717, 1.165) is 25.7 Å². The van der Waals surface area contributed by atoms with Crippen LogP contribution in [-0.2, 0) is 19.1 Å². The summed E-state index contributed by atoms with van der Waals surface area (Å²) < 4.78 is 11.3. The average Bonchev–Trinajstić information content (AvgIpc) is 2.91. The molecule has 7 aliphatic rings. The molecule has 7 atom stereocenters. The Morgan fingerprint density at radius 3 is 2.78 bits per heavy atom. The first-order valence-electron chi connectivity index (χ1n) is 8.88. The fourth-order valence-electron chi connectivity index (χ4n) is 6.82. The molecule has 0 aromatic heterocycles. The highest BCUT2D eigenvalue weighted by atomic mass is 16.6. The summed E-state index contributed by atoms with van der Waals surface area (Å²) in [6.07, 6.45) is 3.75. The largest absolute Gasteiger partial charge is 0.462 e. The Hall–Kier alpha value is -1.58. The summed E-state index contributed by atoms with van der Waals surface area (Å²) in [6.45, 7) is 4.35. The molecule has 3 aliphatic heterocycles. The molecule has 5 fully saturated rings. The van der Waals surface area contributed by atoms with Crippen molar-refractivity contribution in [2.24, 2.45) is 29.1 Å². The van der Waals surface area contributed by atoms with E-state index < -0.39 is 0 Å². The number of carbonyl (C=O) groups is 2. The lowest BCUT2D eigenvalue weighted by atomic mass is 9.49. The Labute approximate surface area is 134 Å². The molecule has 3 heterocycles. The minimum Gasteiger partial charge on any atom is -0.462 e. The molecule has 4 heteroatoms. The van der Waals surface area contributed by atoms with Crippen LogP contribution in [0.15, 0.2) is 22.3 Å². The van der Waals surface area contributed by atoms with Crippen LogP contribution in [-0.4, -0.2) is 24.1 Å². The van der Waals surface area contributed by atoms with Gasteiger partial charge in [-0.25, -0.2) is 0 Å². The van der Waals surface area contributed by atoms with Gasteiger partial charge in [0.05, 0.1) is 5.41 Å². The van der Waals surface area contributed by atoms with Crippen molar-refractivity contribution in [3.63, 3.8) is 0 Å². The molecule has 120 valence electrons. The maximum Gasteiger partial charge on any atom is 0.317 e. The predicted octanol–water partition coefficient (Wildman–Crippen LogP) is 2.54. The highest BCUT2D eigenvalue weighted by molar-refractivity contribution is 5.87. The molecule has 23 heavy (non-hydrogen) atoms. The van der Waals surface area contributed by atoms with Crippen LogP contribution in [0.2, 0.25) is 0 Å². The molecular weight excluding hydrogens is 292 g/mol. The van der Waals surface area contributed by atoms with Gasteiger partial charge in [0.15, 0.2) is 0 Å². The van der Waals surface area contributed by atoms with Gasteiger partial charge >= 0.3 is 11.9 Å². The second kappa shape index (κ2) is 3.57. The van der Waals surface area contributed by atoms with E-state index in [1.54, 1.807) is 0 Å². The lowest BCUT2D eigenvalue weighted by Gasteiger charge is -2.58. The molecule has 2 saturated carbocycles. The predicted molar refractivity (Wildman–Crippen MR) is 80.0 cm³/mol. The third-order valence-electron chi connectivity index (χ3n) is 7.87. The van der Waals surface area contributed by atoms with Crippen LogP contribution in [0.4, 0.5) is 0 Å². The van der Waals surface area contributed by atoms with Gasteiger partial charge in [-0.15, -0.1) is 0 Å². The molecule has 0 radical (unpaired) electrons. The van der Waals surface area contributed by atoms with E-state index in [0.29, 0.717) is 17.8 Å². The maximum atomic E-state index is 12.8. The minimum atomic E-state index is -0.333. The van der Waals surface area contributed by atoms with Crippen molar-refractivity contribution in [1.82, 2.24) is 0 Å². The molecule has 2 bridgehead atoms. The molecule has 7 rings (SSSR count). The van der Waals surface area contributed by atoms with Gasteiger partial charge in [0.1, 0.15) is 18.1 Å². The van der Waals surface area contributed by atoms with E-state index in [2.05, 4.69) is 13.8 Å². The lowest BCUT2D eigenvalue weighted by Crippen LogP contribution is -2.62. The van der Waals surface area contributed by atoms with Gasteiger partial charge in [0, 0.05) is 11.8 Å². The molecule has 0 aromatic rings. The van der Waals surface area contributed by atoms with E-state index in [1.807, 2.05) is 0 Å². The highest BCUT2D eigenvalue weighted by Gasteiger charge is 2.70. The topological polar surface area (TPSA) is 52.6 Å². The van der Waals surface area contributed by atoms with Crippen LogP contribution in [0.5, 0.6) is 0 Å². The molecule has 4 aliphatic carbocycles. The average molecular weight is 312 g/mol. The van der Waals surface area contributed by atoms with E-state index >= 15 is 0 Å². The van der Waals surface area contributed by atoms with Crippen molar-refractivity contribution in [3.05, 3.63) is 22.3 Å². The maximum absolute atomic E-state index is 12.8. The number of esters is 2. The Kier molecular flexibility index (Phi) is 1.99. The summed E-state index contributed by atoms with van der Waals surface area (Å²) in [5.74, 6) is 1.01. The van der Waals surface area contributed by atoms with Crippen LogP contribution in [0.1, 0.15) is 39.5 Å². The summed E-state index contributed by atoms with van der Waals surface area (Å²) in [5.41, 5.74) is 4.98. The lowest BCUT2D eigenvalue weighted by molar-refractivity contribution is -0.213. The first kappa shape index (κ1) is 12.8. The molecule has 0 amide bonds. The van der Waals surface area contributed by atoms with Gasteiger partial charge in [-0.2, -0.15) is 0 Å². The quantitative estimate of drug-likeness (QED) is 0.645. The van der Waals surface area contributed by atoms with Crippen LogP contribution < -0.4 is 0 Å². The van der Waals surface area contributed by atoms with E-state index in [-0.39, 0.29) is 35.5 Å². The monoisotopic (exact) mass is 312 g/mol. The molecule has 0 unspecified atom stereocenters. The van der Waals surface area contributed by atoms with Crippen molar-refractivity contribution < 1.29 is 19.1 Å². The van der Waals surface area contributed by atoms with Crippen LogP contribution in [0, 0.1) is 29.1 Å². The third kappa shape index (κ3) is 1.13. The normalized spacial score (nSPS) is 51.9. The standard InChI is InChI=1S/C19H20O4/c1-7-5-12-11-6-10-8(2)16-14(17(20)23-16)9-3-4-19(7,18(21)22-12)15(11)13(9)10/h7,11-12,14-16H,3-6H2,1-2H3/t7-,11+,12-,14+,15-,16-,19+/m0/s1. The third-order valence-corrected chi connectivity index (χ3v) is 7.87. The van der Waals surface area contributed by atoms with Crippen LogP contribution in [0.25, 0.3) is 0 Å². The Bertz CT molecular complexity index is 759. The van der Waals surface area contributed by atoms with Gasteiger partial charge in [0.25, 0.3) is 0 Å². The second-order valence-corrected chi connectivity index (χ2v) is 8.40. The summed E-state index contributed by atoms with van der Waals surface area (Å²) in [6, 6.07) is 0. The number of fused-ring (bicyclic) bond motifs is 4. The molecule has 0 aromatic carbocycles. The van der Waals surface area contributed by atoms with Gasteiger partial charge in [0.2, 0.25) is 0 Å². The number of rotatable bonds is 0. The molecule has 1 spiro atoms. The van der Waals surface area contributed by atoms with Crippen LogP contribution >= 0.6 is 0 Å². The first-order valence-corrected chi connectivity index (χ1v) is 8.88. The first-order chi connectivity index (χ1) is 11.0. The van der Waals surface area contributed by atoms with Gasteiger partial charge in [-0.1, -0.05) is 6.92 Å². The smallest absolute Gasteiger partial charge is 0.317 e. The SMILES string of the molecule is CC1=C2C[C@@H]3[C@@H]4C[C@H](C)[C@@]5(CCC(=C2[C@H]35)[C@H]2C(=O)O[C@@H]12)C(=O)O4. The second-order valence-electron chi connectivity index (χ2n) is 8.40. The Balaban J connectivity index is 1.63. The zero-order valence-corrected chi connectivity index (χ0v) is 13.4. The van der Waals surface area contributed by atoms with Gasteiger partial charge in [-0.05, 0) is 60.8 Å². The summed E-state index contributed by atoms with van der Waals surface area (Å²) in [7, 11) is 0. The number of hydrogen-bond donors (Lipinski definition) is 0. The number of carbonyl (C=O) groups excluding carboxylic acids is 2. The van der Waals surface area contributed by atoms with E-state index in [1.165, 1.54) is 22.3 Å². The van der Waals surface area contributed by atoms with Gasteiger partial charge in [-0.3, -0.25) is 9.59 Å². The molecule has 3 saturated heterocycles. The summed E-state index contributed by atoms with van der Waals surface area (Å²) >= 11 is 0. The fraction of sp³-hybridized carbons (Fsp3) is 0.684. The number of hydrogen-bond acceptors (Lipinski definition) is 4. The summed E-state index contributed by atoms with van der Waals surface area (Å²) in [4.78, 5) is 24.9. The van der Waals surface area contributed by atoms with Crippen LogP contribution in [0.3, 0.4) is 0 Å². The van der Waals surface area contributed by atoms with E-state index in [4.69, 9.17) is 9.47 Å². The highest BCUT2D eigenvalue weighted by Crippen LogP contribution is 2.70. The van der Waals surface area contributed by atoms with Gasteiger partial charge < -0.3 is 9.47 Å².